The first kappa shape index (κ1) is 19.0. The maximum absolute atomic E-state index is 12.4. The van der Waals surface area contributed by atoms with Gasteiger partial charge in [0.1, 0.15) is 0 Å². The number of carboxylic acid groups (broad SMARTS) is 1. The number of rotatable bonds is 8. The molecule has 8 heteroatoms. The van der Waals surface area contributed by atoms with Gasteiger partial charge in [0.05, 0.1) is 36.9 Å². The summed E-state index contributed by atoms with van der Waals surface area (Å²) in [5.74, 6) is -0.638. The SMILES string of the molecule is CCOc1cc(/C=C2\C(=O)N(CCC#N)N=C2C)ccc1OCC(=O)O. The summed E-state index contributed by atoms with van der Waals surface area (Å²) in [5.41, 5.74) is 1.69. The zero-order valence-corrected chi connectivity index (χ0v) is 14.6. The number of hydrogen-bond acceptors (Lipinski definition) is 6. The van der Waals surface area contributed by atoms with Crippen LogP contribution in [0.25, 0.3) is 6.08 Å². The van der Waals surface area contributed by atoms with Gasteiger partial charge in [0, 0.05) is 0 Å². The highest BCUT2D eigenvalue weighted by atomic mass is 16.5. The molecule has 0 spiro atoms. The third kappa shape index (κ3) is 4.60. The van der Waals surface area contributed by atoms with Crippen LogP contribution in [0.2, 0.25) is 0 Å². The molecule has 2 rings (SSSR count). The minimum Gasteiger partial charge on any atom is -0.490 e. The smallest absolute Gasteiger partial charge is 0.341 e. The minimum absolute atomic E-state index is 0.208. The maximum Gasteiger partial charge on any atom is 0.341 e. The summed E-state index contributed by atoms with van der Waals surface area (Å²) in [6.07, 6.45) is 1.89. The molecule has 0 aromatic heterocycles. The van der Waals surface area contributed by atoms with Crippen molar-refractivity contribution < 1.29 is 24.2 Å². The Labute approximate surface area is 150 Å². The Morgan fingerprint density at radius 3 is 2.81 bits per heavy atom. The van der Waals surface area contributed by atoms with Crippen molar-refractivity contribution in [2.24, 2.45) is 5.10 Å². The Morgan fingerprint density at radius 1 is 1.38 bits per heavy atom. The van der Waals surface area contributed by atoms with Gasteiger partial charge in [-0.25, -0.2) is 9.80 Å². The molecule has 1 aliphatic rings. The molecule has 0 saturated carbocycles. The van der Waals surface area contributed by atoms with E-state index in [0.29, 0.717) is 35.0 Å². The number of carboxylic acids is 1. The van der Waals surface area contributed by atoms with Crippen molar-refractivity contribution in [2.45, 2.75) is 20.3 Å². The number of carbonyl (C=O) groups excluding carboxylic acids is 1. The first-order valence-electron chi connectivity index (χ1n) is 8.03. The molecule has 8 nitrogen and oxygen atoms in total. The molecule has 0 saturated heterocycles. The molecule has 1 N–H and O–H groups in total. The van der Waals surface area contributed by atoms with Gasteiger partial charge in [-0.1, -0.05) is 6.07 Å². The monoisotopic (exact) mass is 357 g/mol. The molecule has 26 heavy (non-hydrogen) atoms. The summed E-state index contributed by atoms with van der Waals surface area (Å²) in [7, 11) is 0. The first-order chi connectivity index (χ1) is 12.5. The summed E-state index contributed by atoms with van der Waals surface area (Å²) in [6.45, 7) is 3.68. The minimum atomic E-state index is -1.08. The van der Waals surface area contributed by atoms with E-state index >= 15 is 0 Å². The third-order valence-corrected chi connectivity index (χ3v) is 3.49. The van der Waals surface area contributed by atoms with Crippen LogP contribution < -0.4 is 9.47 Å². The van der Waals surface area contributed by atoms with Crippen molar-refractivity contribution >= 4 is 23.7 Å². The van der Waals surface area contributed by atoms with E-state index in [-0.39, 0.29) is 18.9 Å². The summed E-state index contributed by atoms with van der Waals surface area (Å²) < 4.78 is 10.7. The molecule has 0 aliphatic carbocycles. The van der Waals surface area contributed by atoms with Crippen LogP contribution in [0.1, 0.15) is 25.8 Å². The molecule has 0 bridgehead atoms. The van der Waals surface area contributed by atoms with Gasteiger partial charge in [-0.15, -0.1) is 0 Å². The van der Waals surface area contributed by atoms with Gasteiger partial charge in [0.2, 0.25) is 0 Å². The average molecular weight is 357 g/mol. The van der Waals surface area contributed by atoms with Crippen LogP contribution in [-0.4, -0.2) is 47.5 Å². The van der Waals surface area contributed by atoms with E-state index in [1.807, 2.05) is 6.07 Å². The van der Waals surface area contributed by atoms with Crippen molar-refractivity contribution in [3.63, 3.8) is 0 Å². The lowest BCUT2D eigenvalue weighted by Crippen LogP contribution is -2.22. The van der Waals surface area contributed by atoms with Crippen LogP contribution in [0.3, 0.4) is 0 Å². The molecule has 0 atom stereocenters. The van der Waals surface area contributed by atoms with Gasteiger partial charge in [-0.2, -0.15) is 10.4 Å². The van der Waals surface area contributed by atoms with E-state index in [4.69, 9.17) is 19.8 Å². The van der Waals surface area contributed by atoms with E-state index in [0.717, 1.165) is 0 Å². The summed E-state index contributed by atoms with van der Waals surface area (Å²) >= 11 is 0. The molecule has 1 aliphatic heterocycles. The van der Waals surface area contributed by atoms with Crippen molar-refractivity contribution in [3.05, 3.63) is 29.3 Å². The molecule has 1 amide bonds. The lowest BCUT2D eigenvalue weighted by Gasteiger charge is -2.12. The number of carbonyl (C=O) groups is 2. The highest BCUT2D eigenvalue weighted by Gasteiger charge is 2.27. The van der Waals surface area contributed by atoms with Gasteiger partial charge in [-0.3, -0.25) is 4.79 Å². The Kier molecular flexibility index (Phi) is 6.33. The topological polar surface area (TPSA) is 112 Å². The average Bonchev–Trinajstić information content (AvgIpc) is 2.87. The summed E-state index contributed by atoms with van der Waals surface area (Å²) in [4.78, 5) is 23.1. The van der Waals surface area contributed by atoms with Gasteiger partial charge in [0.15, 0.2) is 18.1 Å². The van der Waals surface area contributed by atoms with Gasteiger partial charge < -0.3 is 14.6 Å². The van der Waals surface area contributed by atoms with Crippen LogP contribution in [0.15, 0.2) is 28.9 Å². The zero-order valence-electron chi connectivity index (χ0n) is 14.6. The van der Waals surface area contributed by atoms with Crippen LogP contribution in [0.5, 0.6) is 11.5 Å². The van der Waals surface area contributed by atoms with Crippen LogP contribution >= 0.6 is 0 Å². The summed E-state index contributed by atoms with van der Waals surface area (Å²) in [5, 5.41) is 22.8. The number of ether oxygens (including phenoxy) is 2. The Morgan fingerprint density at radius 2 is 2.15 bits per heavy atom. The number of benzene rings is 1. The number of nitriles is 1. The molecule has 0 unspecified atom stereocenters. The second kappa shape index (κ2) is 8.67. The van der Waals surface area contributed by atoms with Crippen LogP contribution in [0, 0.1) is 11.3 Å². The predicted octanol–water partition coefficient (Wildman–Crippen LogP) is 2.06. The molecule has 1 heterocycles. The van der Waals surface area contributed by atoms with Crippen molar-refractivity contribution in [1.29, 1.82) is 5.26 Å². The zero-order chi connectivity index (χ0) is 19.1. The highest BCUT2D eigenvalue weighted by molar-refractivity contribution is 6.26. The second-order valence-corrected chi connectivity index (χ2v) is 5.40. The van der Waals surface area contributed by atoms with Crippen molar-refractivity contribution in [1.82, 2.24) is 5.01 Å². The van der Waals surface area contributed by atoms with Crippen LogP contribution in [-0.2, 0) is 9.59 Å². The number of hydrazone groups is 1. The van der Waals surface area contributed by atoms with Gasteiger partial charge in [0.25, 0.3) is 5.91 Å². The van der Waals surface area contributed by atoms with Gasteiger partial charge >= 0.3 is 5.97 Å². The maximum atomic E-state index is 12.4. The summed E-state index contributed by atoms with van der Waals surface area (Å²) in [6, 6.07) is 6.96. The third-order valence-electron chi connectivity index (χ3n) is 3.49. The Bertz CT molecular complexity index is 808. The van der Waals surface area contributed by atoms with E-state index < -0.39 is 12.6 Å². The number of hydrogen-bond donors (Lipinski definition) is 1. The highest BCUT2D eigenvalue weighted by Crippen LogP contribution is 2.30. The molecule has 0 radical (unpaired) electrons. The fourth-order valence-corrected chi connectivity index (χ4v) is 2.36. The largest absolute Gasteiger partial charge is 0.490 e. The quantitative estimate of drug-likeness (QED) is 0.713. The first-order valence-corrected chi connectivity index (χ1v) is 8.03. The second-order valence-electron chi connectivity index (χ2n) is 5.40. The van der Waals surface area contributed by atoms with Crippen molar-refractivity contribution in [3.8, 4) is 17.6 Å². The van der Waals surface area contributed by atoms with E-state index in [2.05, 4.69) is 5.10 Å². The number of nitrogens with zero attached hydrogens (tertiary/aromatic N) is 3. The number of amides is 1. The fourth-order valence-electron chi connectivity index (χ4n) is 2.36. The van der Waals surface area contributed by atoms with Gasteiger partial charge in [-0.05, 0) is 37.6 Å². The fraction of sp³-hybridized carbons (Fsp3) is 0.333. The van der Waals surface area contributed by atoms with E-state index in [1.54, 1.807) is 38.1 Å². The molecule has 1 aromatic rings. The van der Waals surface area contributed by atoms with E-state index in [9.17, 15) is 9.59 Å². The molecule has 136 valence electrons. The lowest BCUT2D eigenvalue weighted by molar-refractivity contribution is -0.139. The molecule has 0 fully saturated rings. The Hall–Kier alpha value is -3.34. The normalized spacial score (nSPS) is 15.0. The lowest BCUT2D eigenvalue weighted by atomic mass is 10.1. The standard InChI is InChI=1S/C18H19N3O5/c1-3-25-16-10-13(5-6-15(16)26-11-17(22)23)9-14-12(2)20-21(18(14)24)8-4-7-19/h5-6,9-10H,3-4,8,11H2,1-2H3,(H,22,23)/b14-9-. The van der Waals surface area contributed by atoms with E-state index in [1.165, 1.54) is 5.01 Å². The number of aliphatic carboxylic acids is 1. The van der Waals surface area contributed by atoms with Crippen molar-refractivity contribution in [2.75, 3.05) is 19.8 Å². The Balaban J connectivity index is 2.26. The molecule has 1 aromatic carbocycles. The van der Waals surface area contributed by atoms with Crippen LogP contribution in [0.4, 0.5) is 0 Å². The molecular formula is C18H19N3O5. The predicted molar refractivity (Wildman–Crippen MR) is 93.8 cm³/mol. The molecular weight excluding hydrogens is 338 g/mol.